The molecule has 1 aromatic rings. The topological polar surface area (TPSA) is 41.6 Å². The van der Waals surface area contributed by atoms with Crippen LogP contribution in [0.3, 0.4) is 0 Å². The van der Waals surface area contributed by atoms with Crippen molar-refractivity contribution in [3.8, 4) is 5.75 Å². The summed E-state index contributed by atoms with van der Waals surface area (Å²) in [6.45, 7) is 4.65. The molecule has 1 amide bonds. The SMILES string of the molecule is CCN(C(=O)COc1ccccc1)C1CNC1. The standard InChI is InChI=1S/C13H18N2O2/c1-2-15(11-8-14-9-11)13(16)10-17-12-6-4-3-5-7-12/h3-7,11,14H,2,8-10H2,1H3. The van der Waals surface area contributed by atoms with Crippen LogP contribution in [0.4, 0.5) is 0 Å². The van der Waals surface area contributed by atoms with Crippen LogP contribution in [0.2, 0.25) is 0 Å². The minimum absolute atomic E-state index is 0.0582. The van der Waals surface area contributed by atoms with E-state index in [2.05, 4.69) is 5.32 Å². The molecule has 0 unspecified atom stereocenters. The van der Waals surface area contributed by atoms with Gasteiger partial charge in [-0.05, 0) is 19.1 Å². The summed E-state index contributed by atoms with van der Waals surface area (Å²) < 4.78 is 5.46. The van der Waals surface area contributed by atoms with E-state index in [0.717, 1.165) is 25.4 Å². The number of amides is 1. The second kappa shape index (κ2) is 5.68. The fourth-order valence-electron chi connectivity index (χ4n) is 1.88. The van der Waals surface area contributed by atoms with Crippen LogP contribution in [0.15, 0.2) is 30.3 Å². The van der Waals surface area contributed by atoms with Crippen LogP contribution in [-0.4, -0.2) is 43.1 Å². The van der Waals surface area contributed by atoms with E-state index in [1.165, 1.54) is 0 Å². The Morgan fingerprint density at radius 1 is 1.41 bits per heavy atom. The Morgan fingerprint density at radius 2 is 2.12 bits per heavy atom. The molecule has 0 saturated carbocycles. The summed E-state index contributed by atoms with van der Waals surface area (Å²) in [4.78, 5) is 13.8. The van der Waals surface area contributed by atoms with Crippen molar-refractivity contribution >= 4 is 5.91 Å². The summed E-state index contributed by atoms with van der Waals surface area (Å²) in [6, 6.07) is 9.77. The number of nitrogens with zero attached hydrogens (tertiary/aromatic N) is 1. The fourth-order valence-corrected chi connectivity index (χ4v) is 1.88. The van der Waals surface area contributed by atoms with Gasteiger partial charge in [-0.3, -0.25) is 4.79 Å². The molecule has 1 saturated heterocycles. The number of hydrogen-bond donors (Lipinski definition) is 1. The monoisotopic (exact) mass is 234 g/mol. The molecule has 0 aromatic heterocycles. The van der Waals surface area contributed by atoms with E-state index < -0.39 is 0 Å². The summed E-state index contributed by atoms with van der Waals surface area (Å²) in [7, 11) is 0. The Kier molecular flexibility index (Phi) is 3.98. The van der Waals surface area contributed by atoms with Gasteiger partial charge in [-0.15, -0.1) is 0 Å². The first-order valence-corrected chi connectivity index (χ1v) is 5.99. The molecule has 92 valence electrons. The highest BCUT2D eigenvalue weighted by molar-refractivity contribution is 5.78. The lowest BCUT2D eigenvalue weighted by atomic mass is 10.1. The molecule has 1 N–H and O–H groups in total. The molecule has 2 rings (SSSR count). The smallest absolute Gasteiger partial charge is 0.260 e. The van der Waals surface area contributed by atoms with Crippen LogP contribution >= 0.6 is 0 Å². The molecule has 4 heteroatoms. The Balaban J connectivity index is 1.83. The molecule has 0 atom stereocenters. The van der Waals surface area contributed by atoms with E-state index in [1.807, 2.05) is 42.2 Å². The first-order valence-electron chi connectivity index (χ1n) is 5.99. The van der Waals surface area contributed by atoms with E-state index in [4.69, 9.17) is 4.74 Å². The van der Waals surface area contributed by atoms with E-state index >= 15 is 0 Å². The van der Waals surface area contributed by atoms with Crippen LogP contribution in [0.25, 0.3) is 0 Å². The molecule has 1 fully saturated rings. The number of rotatable bonds is 5. The third kappa shape index (κ3) is 2.97. The normalized spacial score (nSPS) is 15.1. The maximum atomic E-state index is 12.0. The fraction of sp³-hybridized carbons (Fsp3) is 0.462. The maximum absolute atomic E-state index is 12.0. The molecular weight excluding hydrogens is 216 g/mol. The number of benzene rings is 1. The van der Waals surface area contributed by atoms with Crippen molar-refractivity contribution < 1.29 is 9.53 Å². The van der Waals surface area contributed by atoms with Crippen molar-refractivity contribution in [2.45, 2.75) is 13.0 Å². The van der Waals surface area contributed by atoms with E-state index in [-0.39, 0.29) is 12.5 Å². The zero-order valence-corrected chi connectivity index (χ0v) is 10.1. The van der Waals surface area contributed by atoms with Crippen LogP contribution in [0.1, 0.15) is 6.92 Å². The maximum Gasteiger partial charge on any atom is 0.260 e. The molecule has 1 aliphatic rings. The molecule has 1 aromatic carbocycles. The lowest BCUT2D eigenvalue weighted by Crippen LogP contribution is -2.59. The lowest BCUT2D eigenvalue weighted by molar-refractivity contribution is -0.136. The highest BCUT2D eigenvalue weighted by Crippen LogP contribution is 2.10. The van der Waals surface area contributed by atoms with Crippen LogP contribution in [0, 0.1) is 0 Å². The van der Waals surface area contributed by atoms with Gasteiger partial charge in [-0.2, -0.15) is 0 Å². The van der Waals surface area contributed by atoms with Crippen LogP contribution in [0.5, 0.6) is 5.75 Å². The number of likely N-dealkylation sites (N-methyl/N-ethyl adjacent to an activating group) is 1. The molecule has 4 nitrogen and oxygen atoms in total. The number of hydrogen-bond acceptors (Lipinski definition) is 3. The van der Waals surface area contributed by atoms with Gasteiger partial charge in [0, 0.05) is 19.6 Å². The van der Waals surface area contributed by atoms with Gasteiger partial charge in [0.25, 0.3) is 5.91 Å². The molecule has 17 heavy (non-hydrogen) atoms. The highest BCUT2D eigenvalue weighted by Gasteiger charge is 2.27. The Morgan fingerprint density at radius 3 is 2.65 bits per heavy atom. The van der Waals surface area contributed by atoms with Crippen LogP contribution in [-0.2, 0) is 4.79 Å². The number of carbonyl (C=O) groups is 1. The van der Waals surface area contributed by atoms with Gasteiger partial charge in [0.1, 0.15) is 5.75 Å². The highest BCUT2D eigenvalue weighted by atomic mass is 16.5. The van der Waals surface area contributed by atoms with E-state index in [9.17, 15) is 4.79 Å². The average molecular weight is 234 g/mol. The summed E-state index contributed by atoms with van der Waals surface area (Å²) in [6.07, 6.45) is 0. The van der Waals surface area contributed by atoms with Crippen molar-refractivity contribution in [1.29, 1.82) is 0 Å². The van der Waals surface area contributed by atoms with E-state index in [1.54, 1.807) is 0 Å². The minimum atomic E-state index is 0.0582. The zero-order valence-electron chi connectivity index (χ0n) is 10.1. The van der Waals surface area contributed by atoms with Crippen molar-refractivity contribution in [3.63, 3.8) is 0 Å². The molecule has 0 radical (unpaired) electrons. The second-order valence-electron chi connectivity index (χ2n) is 4.09. The third-order valence-corrected chi connectivity index (χ3v) is 2.97. The van der Waals surface area contributed by atoms with Crippen molar-refractivity contribution in [1.82, 2.24) is 10.2 Å². The van der Waals surface area contributed by atoms with Gasteiger partial charge < -0.3 is 15.0 Å². The summed E-state index contributed by atoms with van der Waals surface area (Å²) in [5, 5.41) is 3.17. The number of nitrogens with one attached hydrogen (secondary N) is 1. The lowest BCUT2D eigenvalue weighted by Gasteiger charge is -2.37. The van der Waals surface area contributed by atoms with Gasteiger partial charge in [0.2, 0.25) is 0 Å². The number of ether oxygens (including phenoxy) is 1. The number of carbonyl (C=O) groups excluding carboxylic acids is 1. The largest absolute Gasteiger partial charge is 0.484 e. The summed E-state index contributed by atoms with van der Waals surface area (Å²) >= 11 is 0. The average Bonchev–Trinajstić information content (AvgIpc) is 2.31. The van der Waals surface area contributed by atoms with Crippen molar-refractivity contribution in [3.05, 3.63) is 30.3 Å². The van der Waals surface area contributed by atoms with Crippen molar-refractivity contribution in [2.75, 3.05) is 26.2 Å². The van der Waals surface area contributed by atoms with E-state index in [0.29, 0.717) is 6.04 Å². The Hall–Kier alpha value is -1.55. The number of para-hydroxylation sites is 1. The first kappa shape index (κ1) is 11.9. The molecule has 0 bridgehead atoms. The summed E-state index contributed by atoms with van der Waals surface area (Å²) in [5.41, 5.74) is 0. The molecular formula is C13H18N2O2. The van der Waals surface area contributed by atoms with Crippen LogP contribution < -0.4 is 10.1 Å². The van der Waals surface area contributed by atoms with Crippen molar-refractivity contribution in [2.24, 2.45) is 0 Å². The minimum Gasteiger partial charge on any atom is -0.484 e. The van der Waals surface area contributed by atoms with Gasteiger partial charge >= 0.3 is 0 Å². The predicted molar refractivity (Wildman–Crippen MR) is 66.0 cm³/mol. The molecule has 0 spiro atoms. The third-order valence-electron chi connectivity index (χ3n) is 2.97. The van der Waals surface area contributed by atoms with Gasteiger partial charge in [0.05, 0.1) is 6.04 Å². The van der Waals surface area contributed by atoms with Gasteiger partial charge in [0.15, 0.2) is 6.61 Å². The second-order valence-corrected chi connectivity index (χ2v) is 4.09. The molecule has 1 heterocycles. The molecule has 1 aliphatic heterocycles. The first-order chi connectivity index (χ1) is 8.31. The predicted octanol–water partition coefficient (Wildman–Crippen LogP) is 0.886. The zero-order chi connectivity index (χ0) is 12.1. The quantitative estimate of drug-likeness (QED) is 0.822. The summed E-state index contributed by atoms with van der Waals surface area (Å²) in [5.74, 6) is 0.798. The Bertz CT molecular complexity index is 363. The Labute approximate surface area is 102 Å². The molecule has 0 aliphatic carbocycles. The van der Waals surface area contributed by atoms with Gasteiger partial charge in [-0.25, -0.2) is 0 Å². The van der Waals surface area contributed by atoms with Gasteiger partial charge in [-0.1, -0.05) is 18.2 Å².